The van der Waals surface area contributed by atoms with Crippen LogP contribution >= 0.6 is 0 Å². The van der Waals surface area contributed by atoms with Crippen LogP contribution in [0.15, 0.2) is 36.4 Å². The summed E-state index contributed by atoms with van der Waals surface area (Å²) in [5.41, 5.74) is 1.79. The summed E-state index contributed by atoms with van der Waals surface area (Å²) >= 11 is 0. The average molecular weight is 312 g/mol. The van der Waals surface area contributed by atoms with E-state index in [9.17, 15) is 14.4 Å². The third-order valence-electron chi connectivity index (χ3n) is 4.46. The van der Waals surface area contributed by atoms with Crippen LogP contribution < -0.4 is 5.32 Å². The molecule has 0 aromatic heterocycles. The molecular formula is C18H20N2O3. The van der Waals surface area contributed by atoms with Gasteiger partial charge in [-0.2, -0.15) is 0 Å². The van der Waals surface area contributed by atoms with E-state index in [4.69, 9.17) is 0 Å². The molecule has 1 aromatic rings. The van der Waals surface area contributed by atoms with Crippen LogP contribution in [0.4, 0.5) is 5.69 Å². The normalized spacial score (nSPS) is 23.1. The molecule has 1 aliphatic heterocycles. The van der Waals surface area contributed by atoms with Gasteiger partial charge >= 0.3 is 0 Å². The van der Waals surface area contributed by atoms with Crippen molar-refractivity contribution >= 4 is 23.4 Å². The van der Waals surface area contributed by atoms with Gasteiger partial charge in [0.25, 0.3) is 0 Å². The van der Waals surface area contributed by atoms with Crippen LogP contribution in [0.25, 0.3) is 0 Å². The first-order valence-corrected chi connectivity index (χ1v) is 7.93. The first-order valence-electron chi connectivity index (χ1n) is 7.93. The van der Waals surface area contributed by atoms with E-state index < -0.39 is 0 Å². The molecule has 1 heterocycles. The van der Waals surface area contributed by atoms with Crippen LogP contribution in [-0.2, 0) is 14.4 Å². The van der Waals surface area contributed by atoms with Gasteiger partial charge in [-0.1, -0.05) is 24.3 Å². The maximum atomic E-state index is 12.3. The Morgan fingerprint density at radius 2 is 1.83 bits per heavy atom. The lowest BCUT2D eigenvalue weighted by Crippen LogP contribution is -2.34. The maximum Gasteiger partial charge on any atom is 0.233 e. The summed E-state index contributed by atoms with van der Waals surface area (Å²) in [6, 6.07) is 7.52. The first-order chi connectivity index (χ1) is 11.1. The number of nitrogens with one attached hydrogen (secondary N) is 1. The lowest BCUT2D eigenvalue weighted by molar-refractivity contribution is -0.140. The van der Waals surface area contributed by atoms with E-state index in [0.29, 0.717) is 12.8 Å². The number of carbonyl (C=O) groups is 3. The monoisotopic (exact) mass is 312 g/mol. The Morgan fingerprint density at radius 3 is 2.43 bits per heavy atom. The number of anilines is 1. The fourth-order valence-electron chi connectivity index (χ4n) is 3.25. The third-order valence-corrected chi connectivity index (χ3v) is 4.46. The minimum atomic E-state index is -0.229. The van der Waals surface area contributed by atoms with Gasteiger partial charge in [0.05, 0.1) is 11.8 Å². The van der Waals surface area contributed by atoms with Gasteiger partial charge in [0.1, 0.15) is 0 Å². The molecule has 0 spiro atoms. The molecule has 0 unspecified atom stereocenters. The van der Waals surface area contributed by atoms with E-state index in [0.717, 1.165) is 11.3 Å². The number of amides is 3. The molecular weight excluding hydrogens is 292 g/mol. The summed E-state index contributed by atoms with van der Waals surface area (Å²) in [5.74, 6) is -0.913. The van der Waals surface area contributed by atoms with Crippen molar-refractivity contribution in [2.45, 2.75) is 26.2 Å². The second-order valence-corrected chi connectivity index (χ2v) is 6.15. The number of hydrogen-bond acceptors (Lipinski definition) is 3. The number of allylic oxidation sites excluding steroid dienone is 2. The molecule has 120 valence electrons. The van der Waals surface area contributed by atoms with Crippen LogP contribution in [0.3, 0.4) is 0 Å². The summed E-state index contributed by atoms with van der Waals surface area (Å²) in [6.45, 7) is 2.11. The van der Waals surface area contributed by atoms with Crippen molar-refractivity contribution < 1.29 is 14.4 Å². The lowest BCUT2D eigenvalue weighted by atomic mass is 9.85. The molecule has 5 heteroatoms. The zero-order valence-electron chi connectivity index (χ0n) is 13.1. The van der Waals surface area contributed by atoms with Crippen molar-refractivity contribution in [2.24, 2.45) is 11.8 Å². The van der Waals surface area contributed by atoms with Gasteiger partial charge in [0.15, 0.2) is 0 Å². The molecule has 2 atom stereocenters. The highest BCUT2D eigenvalue weighted by Crippen LogP contribution is 2.34. The number of imide groups is 1. The van der Waals surface area contributed by atoms with E-state index in [-0.39, 0.29) is 42.5 Å². The number of carbonyl (C=O) groups excluding carboxylic acids is 3. The van der Waals surface area contributed by atoms with E-state index in [1.807, 2.05) is 43.3 Å². The number of aryl methyl sites for hydroxylation is 1. The molecule has 1 fully saturated rings. The second-order valence-electron chi connectivity index (χ2n) is 6.15. The SMILES string of the molecule is Cc1cccc(NC(=O)CCN2C(=O)[C@H]3CC=CC[C@H]3C2=O)c1. The van der Waals surface area contributed by atoms with Crippen molar-refractivity contribution in [3.8, 4) is 0 Å². The van der Waals surface area contributed by atoms with Gasteiger partial charge in [0.2, 0.25) is 17.7 Å². The summed E-state index contributed by atoms with van der Waals surface area (Å²) in [5, 5.41) is 2.80. The highest BCUT2D eigenvalue weighted by atomic mass is 16.2. The van der Waals surface area contributed by atoms with E-state index in [1.54, 1.807) is 0 Å². The van der Waals surface area contributed by atoms with Crippen LogP contribution in [0.5, 0.6) is 0 Å². The summed E-state index contributed by atoms with van der Waals surface area (Å²) < 4.78 is 0. The van der Waals surface area contributed by atoms with Crippen LogP contribution in [0.1, 0.15) is 24.8 Å². The number of rotatable bonds is 4. The molecule has 0 radical (unpaired) electrons. The van der Waals surface area contributed by atoms with E-state index in [2.05, 4.69) is 5.32 Å². The zero-order valence-corrected chi connectivity index (χ0v) is 13.1. The number of nitrogens with zero attached hydrogens (tertiary/aromatic N) is 1. The minimum absolute atomic E-state index is 0.123. The maximum absolute atomic E-state index is 12.3. The van der Waals surface area contributed by atoms with Crippen LogP contribution in [-0.4, -0.2) is 29.2 Å². The van der Waals surface area contributed by atoms with Gasteiger partial charge in [-0.25, -0.2) is 0 Å². The second kappa shape index (κ2) is 6.36. The summed E-state index contributed by atoms with van der Waals surface area (Å²) in [4.78, 5) is 37.9. The summed E-state index contributed by atoms with van der Waals surface area (Å²) in [7, 11) is 0. The largest absolute Gasteiger partial charge is 0.326 e. The number of likely N-dealkylation sites (tertiary alicyclic amines) is 1. The predicted octanol–water partition coefficient (Wildman–Crippen LogP) is 2.27. The van der Waals surface area contributed by atoms with E-state index in [1.165, 1.54) is 4.90 Å². The average Bonchev–Trinajstić information content (AvgIpc) is 2.77. The topological polar surface area (TPSA) is 66.5 Å². The quantitative estimate of drug-likeness (QED) is 0.685. The third kappa shape index (κ3) is 3.18. The predicted molar refractivity (Wildman–Crippen MR) is 86.5 cm³/mol. The van der Waals surface area contributed by atoms with Gasteiger partial charge in [-0.3, -0.25) is 19.3 Å². The molecule has 3 rings (SSSR count). The van der Waals surface area contributed by atoms with Gasteiger partial charge in [0, 0.05) is 18.7 Å². The molecule has 1 aromatic carbocycles. The highest BCUT2D eigenvalue weighted by molar-refractivity contribution is 6.05. The Bertz CT molecular complexity index is 655. The molecule has 5 nitrogen and oxygen atoms in total. The Morgan fingerprint density at radius 1 is 1.17 bits per heavy atom. The zero-order chi connectivity index (χ0) is 16.4. The van der Waals surface area contributed by atoms with Crippen LogP contribution in [0.2, 0.25) is 0 Å². The highest BCUT2D eigenvalue weighted by Gasteiger charge is 2.46. The lowest BCUT2D eigenvalue weighted by Gasteiger charge is -2.14. The number of hydrogen-bond donors (Lipinski definition) is 1. The Kier molecular flexibility index (Phi) is 4.28. The Labute approximate surface area is 135 Å². The number of fused-ring (bicyclic) bond motifs is 1. The van der Waals surface area contributed by atoms with E-state index >= 15 is 0 Å². The van der Waals surface area contributed by atoms with Crippen molar-refractivity contribution in [3.05, 3.63) is 42.0 Å². The minimum Gasteiger partial charge on any atom is -0.326 e. The molecule has 2 aliphatic rings. The van der Waals surface area contributed by atoms with Crippen molar-refractivity contribution in [1.29, 1.82) is 0 Å². The van der Waals surface area contributed by atoms with Crippen molar-refractivity contribution in [1.82, 2.24) is 4.90 Å². The smallest absolute Gasteiger partial charge is 0.233 e. The molecule has 3 amide bonds. The van der Waals surface area contributed by atoms with Crippen molar-refractivity contribution in [2.75, 3.05) is 11.9 Å². The standard InChI is InChI=1S/C18H20N2O3/c1-12-5-4-6-13(11-12)19-16(21)9-10-20-17(22)14-7-2-3-8-15(14)18(20)23/h2-6,11,14-15H,7-10H2,1H3,(H,19,21)/t14-,15+. The van der Waals surface area contributed by atoms with Gasteiger partial charge in [-0.15, -0.1) is 0 Å². The van der Waals surface area contributed by atoms with Gasteiger partial charge < -0.3 is 5.32 Å². The van der Waals surface area contributed by atoms with Crippen LogP contribution in [0, 0.1) is 18.8 Å². The van der Waals surface area contributed by atoms with Gasteiger partial charge in [-0.05, 0) is 37.5 Å². The Hall–Kier alpha value is -2.43. The molecule has 1 saturated heterocycles. The molecule has 0 bridgehead atoms. The molecule has 23 heavy (non-hydrogen) atoms. The fraction of sp³-hybridized carbons (Fsp3) is 0.389. The molecule has 1 N–H and O–H groups in total. The number of benzene rings is 1. The molecule has 0 saturated carbocycles. The van der Waals surface area contributed by atoms with Crippen molar-refractivity contribution in [3.63, 3.8) is 0 Å². The Balaban J connectivity index is 1.57. The summed E-state index contributed by atoms with van der Waals surface area (Å²) in [6.07, 6.45) is 5.29. The molecule has 1 aliphatic carbocycles. The first kappa shape index (κ1) is 15.5. The fourth-order valence-corrected chi connectivity index (χ4v) is 3.25.